The topological polar surface area (TPSA) is 72.1 Å². The van der Waals surface area contributed by atoms with Crippen molar-refractivity contribution in [3.05, 3.63) is 47.8 Å². The second-order valence-electron chi connectivity index (χ2n) is 10.8. The minimum atomic E-state index is -4.82. The van der Waals surface area contributed by atoms with Crippen molar-refractivity contribution in [3.8, 4) is 5.75 Å². The molecule has 2 N–H and O–H groups in total. The fourth-order valence-electron chi connectivity index (χ4n) is 4.31. The predicted octanol–water partition coefficient (Wildman–Crippen LogP) is 5.21. The Hall–Kier alpha value is -2.90. The fraction of sp³-hybridized carbons (Fsp3) is 0.500. The number of nitrogens with one attached hydrogen (secondary N) is 2. The molecular weight excluding hydrogens is 524 g/mol. The summed E-state index contributed by atoms with van der Waals surface area (Å²) >= 11 is 0. The number of nitrogens with zero attached hydrogens (tertiary/aromatic N) is 1. The third-order valence-corrected chi connectivity index (χ3v) is 7.27. The van der Waals surface area contributed by atoms with Gasteiger partial charge in [0, 0.05) is 18.8 Å². The van der Waals surface area contributed by atoms with Gasteiger partial charge in [0.1, 0.15) is 23.8 Å². The Balaban J connectivity index is 1.44. The average Bonchev–Trinajstić information content (AvgIpc) is 3.04. The molecule has 7 nitrogen and oxygen atoms in total. The summed E-state index contributed by atoms with van der Waals surface area (Å²) in [6, 6.07) is 5.95. The van der Waals surface area contributed by atoms with Crippen LogP contribution in [0.25, 0.3) is 0 Å². The summed E-state index contributed by atoms with van der Waals surface area (Å²) in [6.07, 6.45) is -7.06. The Kier molecular flexibility index (Phi) is 7.90. The van der Waals surface area contributed by atoms with E-state index in [0.717, 1.165) is 12.1 Å². The molecule has 2 aromatic carbocycles. The van der Waals surface area contributed by atoms with E-state index < -0.39 is 59.9 Å². The number of hydrogen-bond acceptors (Lipinski definition) is 5. The lowest BCUT2D eigenvalue weighted by atomic mass is 9.79. The van der Waals surface area contributed by atoms with Crippen molar-refractivity contribution in [2.75, 3.05) is 30.8 Å². The monoisotopic (exact) mass is 555 g/mol. The molecule has 13 heteroatoms. The number of ether oxygens (including phenoxy) is 1. The van der Waals surface area contributed by atoms with Gasteiger partial charge in [-0.1, -0.05) is 6.07 Å². The number of benzene rings is 2. The van der Waals surface area contributed by atoms with E-state index in [2.05, 4.69) is 10.6 Å². The third-order valence-electron chi connectivity index (χ3n) is 7.27. The standard InChI is InChI=1S/C26H31BF5N3O4/c1-24(2)25(3,4)39-27(38-24)15-6-8-20(18(28)12-15)34-23(36)33-16-7-9-21(17(13-16)26(30,31)32)37-22-10-11-35(5)14-19(22)29/h6-9,12-13,19,22H,10-11,14H2,1-5H3,(H2,33,34,36). The van der Waals surface area contributed by atoms with E-state index in [4.69, 9.17) is 14.0 Å². The molecule has 2 saturated heterocycles. The van der Waals surface area contributed by atoms with Gasteiger partial charge in [-0.05, 0) is 77.0 Å². The number of halogens is 5. The minimum absolute atomic E-state index is 0.0556. The van der Waals surface area contributed by atoms with Crippen LogP contribution in [-0.2, 0) is 15.5 Å². The Morgan fingerprint density at radius 2 is 1.74 bits per heavy atom. The van der Waals surface area contributed by atoms with Gasteiger partial charge in [0.2, 0.25) is 0 Å². The molecule has 0 radical (unpaired) electrons. The van der Waals surface area contributed by atoms with Crippen molar-refractivity contribution < 1.29 is 40.8 Å². The van der Waals surface area contributed by atoms with Gasteiger partial charge >= 0.3 is 19.3 Å². The molecule has 2 amide bonds. The van der Waals surface area contributed by atoms with E-state index in [1.807, 2.05) is 27.7 Å². The second kappa shape index (κ2) is 10.6. The normalized spacial score (nSPS) is 23.0. The summed E-state index contributed by atoms with van der Waals surface area (Å²) in [5.74, 6) is -1.31. The lowest BCUT2D eigenvalue weighted by molar-refractivity contribution is -0.139. The first-order valence-corrected chi connectivity index (χ1v) is 12.5. The van der Waals surface area contributed by atoms with Crippen molar-refractivity contribution in [2.45, 2.75) is 63.8 Å². The zero-order valence-electron chi connectivity index (χ0n) is 22.3. The largest absolute Gasteiger partial charge is 0.494 e. The lowest BCUT2D eigenvalue weighted by Gasteiger charge is -2.33. The maximum Gasteiger partial charge on any atom is 0.494 e. The van der Waals surface area contributed by atoms with Gasteiger partial charge in [0.25, 0.3) is 0 Å². The van der Waals surface area contributed by atoms with Crippen LogP contribution < -0.4 is 20.8 Å². The molecular formula is C26H31BF5N3O4. The van der Waals surface area contributed by atoms with Crippen LogP contribution in [0.2, 0.25) is 0 Å². The third kappa shape index (κ3) is 6.47. The number of piperidine rings is 1. The number of carbonyl (C=O) groups excluding carboxylic acids is 1. The smallest absolute Gasteiger partial charge is 0.487 e. The predicted molar refractivity (Wildman–Crippen MR) is 138 cm³/mol. The van der Waals surface area contributed by atoms with Crippen molar-refractivity contribution in [3.63, 3.8) is 0 Å². The fourth-order valence-corrected chi connectivity index (χ4v) is 4.31. The second-order valence-corrected chi connectivity index (χ2v) is 10.8. The molecule has 2 unspecified atom stereocenters. The molecule has 4 rings (SSSR count). The lowest BCUT2D eigenvalue weighted by Crippen LogP contribution is -2.45. The number of carbonyl (C=O) groups is 1. The summed E-state index contributed by atoms with van der Waals surface area (Å²) in [7, 11) is 0.908. The van der Waals surface area contributed by atoms with Crippen LogP contribution in [0, 0.1) is 5.82 Å². The summed E-state index contributed by atoms with van der Waals surface area (Å²) in [5, 5.41) is 4.55. The number of hydrogen-bond donors (Lipinski definition) is 2. The van der Waals surface area contributed by atoms with E-state index in [-0.39, 0.29) is 24.3 Å². The molecule has 212 valence electrons. The first kappa shape index (κ1) is 29.1. The van der Waals surface area contributed by atoms with E-state index in [1.165, 1.54) is 18.2 Å². The van der Waals surface area contributed by atoms with Gasteiger partial charge in [-0.25, -0.2) is 13.6 Å². The molecule has 39 heavy (non-hydrogen) atoms. The molecule has 0 aliphatic carbocycles. The molecule has 2 heterocycles. The maximum atomic E-state index is 14.8. The highest BCUT2D eigenvalue weighted by molar-refractivity contribution is 6.62. The van der Waals surface area contributed by atoms with E-state index >= 15 is 0 Å². The Morgan fingerprint density at radius 1 is 1.08 bits per heavy atom. The molecule has 0 spiro atoms. The van der Waals surface area contributed by atoms with Crippen molar-refractivity contribution >= 4 is 30.0 Å². The molecule has 0 aromatic heterocycles. The van der Waals surface area contributed by atoms with Gasteiger partial charge in [0.05, 0.1) is 22.5 Å². The number of likely N-dealkylation sites (tertiary alicyclic amines) is 1. The summed E-state index contributed by atoms with van der Waals surface area (Å²) in [5.41, 5.74) is -2.41. The van der Waals surface area contributed by atoms with Gasteiger partial charge < -0.3 is 29.6 Å². The number of urea groups is 1. The van der Waals surface area contributed by atoms with Crippen LogP contribution in [-0.4, -0.2) is 61.7 Å². The highest BCUT2D eigenvalue weighted by Gasteiger charge is 2.51. The Labute approximate surface area is 224 Å². The van der Waals surface area contributed by atoms with Gasteiger partial charge in [-0.15, -0.1) is 0 Å². The van der Waals surface area contributed by atoms with Crippen LogP contribution >= 0.6 is 0 Å². The van der Waals surface area contributed by atoms with E-state index in [0.29, 0.717) is 18.1 Å². The first-order valence-electron chi connectivity index (χ1n) is 12.5. The highest BCUT2D eigenvalue weighted by Crippen LogP contribution is 2.39. The number of alkyl halides is 4. The Morgan fingerprint density at radius 3 is 2.33 bits per heavy atom. The average molecular weight is 555 g/mol. The van der Waals surface area contributed by atoms with Gasteiger partial charge in [-0.2, -0.15) is 13.2 Å². The molecule has 2 fully saturated rings. The molecule has 2 aliphatic rings. The first-order chi connectivity index (χ1) is 18.1. The maximum absolute atomic E-state index is 14.8. The van der Waals surface area contributed by atoms with Crippen LogP contribution in [0.4, 0.5) is 38.1 Å². The zero-order valence-corrected chi connectivity index (χ0v) is 22.3. The van der Waals surface area contributed by atoms with E-state index in [9.17, 15) is 26.7 Å². The highest BCUT2D eigenvalue weighted by atomic mass is 19.4. The molecule has 2 atom stereocenters. The summed E-state index contributed by atoms with van der Waals surface area (Å²) in [4.78, 5) is 14.2. The SMILES string of the molecule is CN1CCC(Oc2ccc(NC(=O)Nc3ccc(B4OC(C)(C)C(C)(C)O4)cc3F)cc2C(F)(F)F)C(F)C1. The van der Waals surface area contributed by atoms with Crippen LogP contribution in [0.5, 0.6) is 5.75 Å². The summed E-state index contributed by atoms with van der Waals surface area (Å²) in [6.45, 7) is 7.98. The number of anilines is 2. The summed E-state index contributed by atoms with van der Waals surface area (Å²) < 4.78 is 87.6. The van der Waals surface area contributed by atoms with Crippen LogP contribution in [0.15, 0.2) is 36.4 Å². The van der Waals surface area contributed by atoms with Crippen molar-refractivity contribution in [1.29, 1.82) is 0 Å². The number of amides is 2. The van der Waals surface area contributed by atoms with Crippen molar-refractivity contribution in [1.82, 2.24) is 4.90 Å². The van der Waals surface area contributed by atoms with Gasteiger partial charge in [0.15, 0.2) is 0 Å². The van der Waals surface area contributed by atoms with Crippen molar-refractivity contribution in [2.24, 2.45) is 0 Å². The molecule has 0 bridgehead atoms. The zero-order chi connectivity index (χ0) is 28.8. The molecule has 2 aliphatic heterocycles. The van der Waals surface area contributed by atoms with E-state index in [1.54, 1.807) is 11.9 Å². The van der Waals surface area contributed by atoms with Crippen LogP contribution in [0.3, 0.4) is 0 Å². The molecule has 0 saturated carbocycles. The van der Waals surface area contributed by atoms with Crippen LogP contribution in [0.1, 0.15) is 39.7 Å². The van der Waals surface area contributed by atoms with Gasteiger partial charge in [-0.3, -0.25) is 0 Å². The Bertz CT molecular complexity index is 1210. The number of rotatable bonds is 5. The minimum Gasteiger partial charge on any atom is -0.487 e. The molecule has 2 aromatic rings. The quantitative estimate of drug-likeness (QED) is 0.392.